The molecule has 6 rings (SSSR count). The lowest BCUT2D eigenvalue weighted by atomic mass is 9.84. The maximum atomic E-state index is 14.3. The minimum absolute atomic E-state index is 0.0345. The van der Waals surface area contributed by atoms with E-state index in [1.165, 1.54) is 24.3 Å². The van der Waals surface area contributed by atoms with E-state index in [2.05, 4.69) is 5.32 Å². The number of aromatic nitrogens is 1. The van der Waals surface area contributed by atoms with Crippen molar-refractivity contribution < 1.29 is 32.1 Å². The molecule has 2 atom stereocenters. The molecule has 2 fully saturated rings. The van der Waals surface area contributed by atoms with E-state index >= 15 is 0 Å². The van der Waals surface area contributed by atoms with Gasteiger partial charge in [-0.05, 0) is 78.6 Å². The minimum Gasteiger partial charge on any atom is -0.384 e. The summed E-state index contributed by atoms with van der Waals surface area (Å²) in [5.41, 5.74) is 3.71. The van der Waals surface area contributed by atoms with Gasteiger partial charge in [0.05, 0.1) is 17.9 Å². The molecule has 1 aliphatic carbocycles. The molecule has 2 aliphatic rings. The lowest BCUT2D eigenvalue weighted by Crippen LogP contribution is -2.23. The predicted octanol–water partition coefficient (Wildman–Crippen LogP) is 9.30. The van der Waals surface area contributed by atoms with Gasteiger partial charge in [-0.3, -0.25) is 0 Å². The van der Waals surface area contributed by atoms with E-state index in [9.17, 15) is 22.7 Å². The van der Waals surface area contributed by atoms with E-state index in [0.717, 1.165) is 62.6 Å². The topological polar surface area (TPSA) is 63.6 Å². The summed E-state index contributed by atoms with van der Waals surface area (Å²) >= 11 is 0. The molecule has 46 heavy (non-hydrogen) atoms. The number of aliphatic hydroxyl groups excluding tert-OH is 1. The highest BCUT2D eigenvalue weighted by atomic mass is 19.4. The van der Waals surface area contributed by atoms with Crippen LogP contribution in [0.3, 0.4) is 0 Å². The summed E-state index contributed by atoms with van der Waals surface area (Å²) in [6, 6.07) is 20.6. The minimum atomic E-state index is -4.50. The van der Waals surface area contributed by atoms with Gasteiger partial charge in [0.25, 0.3) is 0 Å². The van der Waals surface area contributed by atoms with Crippen molar-refractivity contribution in [1.82, 2.24) is 4.98 Å². The lowest BCUT2D eigenvalue weighted by molar-refractivity contribution is -0.168. The van der Waals surface area contributed by atoms with Crippen molar-refractivity contribution in [2.24, 2.45) is 0 Å². The molecule has 2 N–H and O–H groups in total. The Morgan fingerprint density at radius 3 is 2.24 bits per heavy atom. The smallest absolute Gasteiger partial charge is 0.384 e. The number of hydrogen-bond acceptors (Lipinski definition) is 5. The number of pyridine rings is 1. The van der Waals surface area contributed by atoms with E-state index in [1.54, 1.807) is 12.1 Å². The number of anilines is 1. The summed E-state index contributed by atoms with van der Waals surface area (Å²) < 4.78 is 66.7. The number of rotatable bonds is 10. The van der Waals surface area contributed by atoms with Crippen molar-refractivity contribution in [3.63, 3.8) is 0 Å². The molecule has 1 saturated carbocycles. The number of nitrogens with one attached hydrogen (secondary N) is 1. The molecule has 0 bridgehead atoms. The average molecular weight is 635 g/mol. The first kappa shape index (κ1) is 32.2. The monoisotopic (exact) mass is 634 g/mol. The van der Waals surface area contributed by atoms with Gasteiger partial charge in [0, 0.05) is 30.2 Å². The van der Waals surface area contributed by atoms with Crippen molar-refractivity contribution in [3.05, 3.63) is 118 Å². The predicted molar refractivity (Wildman–Crippen MR) is 168 cm³/mol. The first-order chi connectivity index (χ1) is 22.3. The Kier molecular flexibility index (Phi) is 10.0. The molecule has 0 radical (unpaired) electrons. The molecule has 9 heteroatoms. The Labute approximate surface area is 266 Å². The third kappa shape index (κ3) is 7.43. The van der Waals surface area contributed by atoms with Crippen LogP contribution in [0.4, 0.5) is 23.4 Å². The van der Waals surface area contributed by atoms with Crippen molar-refractivity contribution in [2.45, 2.75) is 82.6 Å². The van der Waals surface area contributed by atoms with Gasteiger partial charge in [-0.2, -0.15) is 13.2 Å². The Balaban J connectivity index is 1.53. The van der Waals surface area contributed by atoms with Crippen LogP contribution in [-0.4, -0.2) is 23.0 Å². The number of benzene rings is 3. The Morgan fingerprint density at radius 1 is 0.891 bits per heavy atom. The third-order valence-electron chi connectivity index (χ3n) is 8.92. The van der Waals surface area contributed by atoms with E-state index in [1.807, 2.05) is 30.3 Å². The van der Waals surface area contributed by atoms with Crippen LogP contribution >= 0.6 is 0 Å². The van der Waals surface area contributed by atoms with Gasteiger partial charge in [0.15, 0.2) is 6.29 Å². The van der Waals surface area contributed by atoms with E-state index < -0.39 is 30.0 Å². The van der Waals surface area contributed by atoms with Crippen LogP contribution in [0, 0.1) is 5.82 Å². The van der Waals surface area contributed by atoms with Gasteiger partial charge >= 0.3 is 6.18 Å². The van der Waals surface area contributed by atoms with Gasteiger partial charge in [-0.15, -0.1) is 0 Å². The van der Waals surface area contributed by atoms with Crippen LogP contribution in [0.25, 0.3) is 11.1 Å². The zero-order valence-electron chi connectivity index (χ0n) is 25.5. The third-order valence-corrected chi connectivity index (χ3v) is 8.92. The van der Waals surface area contributed by atoms with Gasteiger partial charge in [0.1, 0.15) is 17.7 Å². The first-order valence-corrected chi connectivity index (χ1v) is 16.0. The molecule has 2 unspecified atom stereocenters. The zero-order valence-corrected chi connectivity index (χ0v) is 25.5. The molecule has 242 valence electrons. The van der Waals surface area contributed by atoms with Crippen LogP contribution in [0.2, 0.25) is 0 Å². The number of aliphatic hydroxyl groups is 1. The van der Waals surface area contributed by atoms with Crippen molar-refractivity contribution in [2.75, 3.05) is 11.9 Å². The first-order valence-electron chi connectivity index (χ1n) is 16.0. The number of halogens is 4. The molecule has 3 aromatic carbocycles. The van der Waals surface area contributed by atoms with Crippen LogP contribution in [-0.2, 0) is 28.8 Å². The quantitative estimate of drug-likeness (QED) is 0.170. The summed E-state index contributed by atoms with van der Waals surface area (Å²) in [7, 11) is 0. The van der Waals surface area contributed by atoms with Crippen molar-refractivity contribution in [3.8, 4) is 11.1 Å². The molecule has 5 nitrogen and oxygen atoms in total. The lowest BCUT2D eigenvalue weighted by Gasteiger charge is -2.29. The zero-order chi connectivity index (χ0) is 32.1. The molecule has 4 aromatic rings. The van der Waals surface area contributed by atoms with E-state index in [4.69, 9.17) is 14.5 Å². The van der Waals surface area contributed by atoms with Gasteiger partial charge in [0.2, 0.25) is 0 Å². The molecule has 1 saturated heterocycles. The van der Waals surface area contributed by atoms with E-state index in [-0.39, 0.29) is 12.5 Å². The largest absolute Gasteiger partial charge is 0.416 e. The molecule has 2 heterocycles. The van der Waals surface area contributed by atoms with Crippen LogP contribution < -0.4 is 5.32 Å². The second-order valence-corrected chi connectivity index (χ2v) is 12.1. The van der Waals surface area contributed by atoms with Crippen molar-refractivity contribution in [1.29, 1.82) is 0 Å². The fourth-order valence-corrected chi connectivity index (χ4v) is 6.50. The van der Waals surface area contributed by atoms with Crippen LogP contribution in [0.5, 0.6) is 0 Å². The van der Waals surface area contributed by atoms with Gasteiger partial charge in [-0.1, -0.05) is 67.4 Å². The molecular weight excluding hydrogens is 596 g/mol. The summed E-state index contributed by atoms with van der Waals surface area (Å²) in [6.45, 7) is 1.18. The Hall–Kier alpha value is -3.79. The maximum Gasteiger partial charge on any atom is 0.416 e. The van der Waals surface area contributed by atoms with Crippen molar-refractivity contribution >= 4 is 5.82 Å². The fraction of sp³-hybridized carbons (Fsp3) is 0.378. The number of alkyl halides is 3. The number of hydrogen-bond donors (Lipinski definition) is 2. The Bertz CT molecular complexity index is 1580. The fourth-order valence-electron chi connectivity index (χ4n) is 6.50. The molecule has 1 aromatic heterocycles. The van der Waals surface area contributed by atoms with Crippen LogP contribution in [0.15, 0.2) is 78.9 Å². The highest BCUT2D eigenvalue weighted by Crippen LogP contribution is 2.46. The summed E-state index contributed by atoms with van der Waals surface area (Å²) in [5.74, 6) is 0.214. The average Bonchev–Trinajstić information content (AvgIpc) is 3.62. The number of ether oxygens (including phenoxy) is 2. The normalized spacial score (nSPS) is 18.1. The standard InChI is InChI=1S/C37H38F4N2O3/c38-29-19-15-25(16-20-29)32-30(23-46-31-12-6-7-21-45-31)36(42-22-24-8-2-1-3-9-24)43-34(26-10-4-5-11-26)33(32)35(44)27-13-17-28(18-14-27)37(39,40)41/h1-3,8-9,13-20,26,31,35,44H,4-7,10-12,21-23H2,(H,42,43). The van der Waals surface area contributed by atoms with Crippen LogP contribution in [0.1, 0.15) is 90.5 Å². The maximum absolute atomic E-state index is 14.3. The summed E-state index contributed by atoms with van der Waals surface area (Å²) in [5, 5.41) is 15.6. The van der Waals surface area contributed by atoms with Gasteiger partial charge < -0.3 is 19.9 Å². The molecular formula is C37H38F4N2O3. The molecule has 0 amide bonds. The summed E-state index contributed by atoms with van der Waals surface area (Å²) in [4.78, 5) is 5.19. The second kappa shape index (κ2) is 14.3. The van der Waals surface area contributed by atoms with Gasteiger partial charge in [-0.25, -0.2) is 9.37 Å². The number of nitrogens with zero attached hydrogens (tertiary/aromatic N) is 1. The SMILES string of the molecule is OC(c1ccc(C(F)(F)F)cc1)c1c(C2CCCC2)nc(NCc2ccccc2)c(COC2CCCCO2)c1-c1ccc(F)cc1. The second-order valence-electron chi connectivity index (χ2n) is 12.1. The molecule has 1 aliphatic heterocycles. The Morgan fingerprint density at radius 2 is 1.59 bits per heavy atom. The summed E-state index contributed by atoms with van der Waals surface area (Å²) in [6.07, 6.45) is 0.225. The highest BCUT2D eigenvalue weighted by Gasteiger charge is 2.34. The van der Waals surface area contributed by atoms with E-state index in [0.29, 0.717) is 52.5 Å². The highest BCUT2D eigenvalue weighted by molar-refractivity contribution is 5.78. The molecule has 0 spiro atoms.